The molecule has 1 amide bonds. The van der Waals surface area contributed by atoms with E-state index < -0.39 is 17.9 Å². The summed E-state index contributed by atoms with van der Waals surface area (Å²) in [7, 11) is 0. The number of nitrogens with one attached hydrogen (secondary N) is 1. The average molecular weight is 377 g/mol. The van der Waals surface area contributed by atoms with Crippen molar-refractivity contribution in [1.29, 1.82) is 0 Å². The number of aryl methyl sites for hydroxylation is 2. The minimum absolute atomic E-state index is 0.230. The molecule has 2 N–H and O–H groups in total. The van der Waals surface area contributed by atoms with Gasteiger partial charge in [-0.15, -0.1) is 0 Å². The summed E-state index contributed by atoms with van der Waals surface area (Å²) in [5.74, 6) is -1.46. The molecule has 2 aromatic carbocycles. The van der Waals surface area contributed by atoms with Crippen LogP contribution in [-0.2, 0) is 17.8 Å². The minimum atomic E-state index is -1.06. The molecule has 0 fully saturated rings. The zero-order chi connectivity index (χ0) is 20.1. The van der Waals surface area contributed by atoms with Crippen LogP contribution in [0.5, 0.6) is 0 Å². The summed E-state index contributed by atoms with van der Waals surface area (Å²) in [6, 6.07) is 17.4. The molecular formula is C22H23N3O3. The van der Waals surface area contributed by atoms with E-state index in [0.29, 0.717) is 12.1 Å². The highest BCUT2D eigenvalue weighted by Gasteiger charge is 2.21. The monoisotopic (exact) mass is 377 g/mol. The van der Waals surface area contributed by atoms with Gasteiger partial charge in [0.25, 0.3) is 5.91 Å². The highest BCUT2D eigenvalue weighted by molar-refractivity contribution is 5.96. The molecule has 144 valence electrons. The lowest BCUT2D eigenvalue weighted by molar-refractivity contribution is -0.139. The fraction of sp³-hybridized carbons (Fsp3) is 0.227. The van der Waals surface area contributed by atoms with E-state index in [-0.39, 0.29) is 6.42 Å². The van der Waals surface area contributed by atoms with Gasteiger partial charge in [0.2, 0.25) is 0 Å². The molecule has 0 radical (unpaired) electrons. The molecule has 1 heterocycles. The molecule has 3 rings (SSSR count). The van der Waals surface area contributed by atoms with Crippen molar-refractivity contribution in [2.24, 2.45) is 0 Å². The third kappa shape index (κ3) is 4.85. The normalized spacial score (nSPS) is 11.8. The molecule has 0 spiro atoms. The van der Waals surface area contributed by atoms with Crippen molar-refractivity contribution in [3.05, 3.63) is 88.7 Å². The van der Waals surface area contributed by atoms with Crippen molar-refractivity contribution in [3.63, 3.8) is 0 Å². The smallest absolute Gasteiger partial charge is 0.326 e. The summed E-state index contributed by atoms with van der Waals surface area (Å²) < 4.78 is 1.88. The van der Waals surface area contributed by atoms with Crippen LogP contribution in [0, 0.1) is 13.8 Å². The number of carboxylic acid groups (broad SMARTS) is 1. The van der Waals surface area contributed by atoms with Crippen LogP contribution >= 0.6 is 0 Å². The summed E-state index contributed by atoms with van der Waals surface area (Å²) in [5.41, 5.74) is 4.19. The van der Waals surface area contributed by atoms with Crippen LogP contribution in [-0.4, -0.2) is 32.8 Å². The number of rotatable bonds is 7. The molecule has 28 heavy (non-hydrogen) atoms. The number of hydrogen-bond donors (Lipinski definition) is 2. The molecule has 0 saturated heterocycles. The van der Waals surface area contributed by atoms with E-state index in [1.54, 1.807) is 18.2 Å². The Labute approximate surface area is 163 Å². The van der Waals surface area contributed by atoms with Crippen LogP contribution in [0.1, 0.15) is 32.9 Å². The lowest BCUT2D eigenvalue weighted by Crippen LogP contribution is -2.42. The number of hydrogen-bond acceptors (Lipinski definition) is 3. The predicted molar refractivity (Wildman–Crippen MR) is 106 cm³/mol. The molecule has 0 aliphatic rings. The molecule has 6 heteroatoms. The van der Waals surface area contributed by atoms with Crippen LogP contribution in [0.2, 0.25) is 0 Å². The van der Waals surface area contributed by atoms with Crippen LogP contribution in [0.15, 0.2) is 60.7 Å². The van der Waals surface area contributed by atoms with E-state index >= 15 is 0 Å². The first-order valence-corrected chi connectivity index (χ1v) is 9.10. The maximum absolute atomic E-state index is 12.6. The number of carbonyl (C=O) groups excluding carboxylic acids is 1. The van der Waals surface area contributed by atoms with Crippen molar-refractivity contribution >= 4 is 11.9 Å². The molecule has 0 bridgehead atoms. The summed E-state index contributed by atoms with van der Waals surface area (Å²) >= 11 is 0. The van der Waals surface area contributed by atoms with E-state index in [9.17, 15) is 14.7 Å². The van der Waals surface area contributed by atoms with Crippen LogP contribution in [0.3, 0.4) is 0 Å². The van der Waals surface area contributed by atoms with E-state index in [1.165, 1.54) is 0 Å². The fourth-order valence-electron chi connectivity index (χ4n) is 3.11. The Morgan fingerprint density at radius 1 is 1.04 bits per heavy atom. The first kappa shape index (κ1) is 19.4. The standard InChI is InChI=1S/C22H23N3O3/c1-15-11-16(2)25(24-15)14-18-9-6-10-19(12-18)21(26)23-20(22(27)28)13-17-7-4-3-5-8-17/h3-12,20H,13-14H2,1-2H3,(H,23,26)(H,27,28). The van der Waals surface area contributed by atoms with Gasteiger partial charge in [-0.2, -0.15) is 5.10 Å². The quantitative estimate of drug-likeness (QED) is 0.663. The Balaban J connectivity index is 1.72. The third-order valence-electron chi connectivity index (χ3n) is 4.51. The van der Waals surface area contributed by atoms with Gasteiger partial charge < -0.3 is 10.4 Å². The van der Waals surface area contributed by atoms with Gasteiger partial charge in [0.1, 0.15) is 6.04 Å². The largest absolute Gasteiger partial charge is 0.480 e. The second-order valence-corrected chi connectivity index (χ2v) is 6.84. The van der Waals surface area contributed by atoms with Gasteiger partial charge >= 0.3 is 5.97 Å². The number of aromatic nitrogens is 2. The van der Waals surface area contributed by atoms with Gasteiger partial charge in [-0.05, 0) is 43.2 Å². The molecule has 0 saturated carbocycles. The average Bonchev–Trinajstić information content (AvgIpc) is 2.99. The molecular weight excluding hydrogens is 354 g/mol. The number of amides is 1. The van der Waals surface area contributed by atoms with Crippen molar-refractivity contribution in [2.75, 3.05) is 0 Å². The van der Waals surface area contributed by atoms with Gasteiger partial charge in [-0.3, -0.25) is 9.48 Å². The summed E-state index contributed by atoms with van der Waals surface area (Å²) in [4.78, 5) is 24.2. The van der Waals surface area contributed by atoms with Crippen molar-refractivity contribution in [3.8, 4) is 0 Å². The van der Waals surface area contributed by atoms with Crippen molar-refractivity contribution in [2.45, 2.75) is 32.9 Å². The first-order chi connectivity index (χ1) is 13.4. The molecule has 3 aromatic rings. The van der Waals surface area contributed by atoms with Crippen molar-refractivity contribution in [1.82, 2.24) is 15.1 Å². The van der Waals surface area contributed by atoms with Gasteiger partial charge in [-0.25, -0.2) is 4.79 Å². The van der Waals surface area contributed by atoms with E-state index in [1.807, 2.05) is 61.0 Å². The Morgan fingerprint density at radius 3 is 2.39 bits per heavy atom. The second kappa shape index (κ2) is 8.52. The molecule has 6 nitrogen and oxygen atoms in total. The molecule has 0 aliphatic carbocycles. The topological polar surface area (TPSA) is 84.2 Å². The predicted octanol–water partition coefficient (Wildman–Crippen LogP) is 2.97. The Bertz CT molecular complexity index is 980. The summed E-state index contributed by atoms with van der Waals surface area (Å²) in [6.07, 6.45) is 0.230. The van der Waals surface area contributed by atoms with Gasteiger partial charge in [0.15, 0.2) is 0 Å². The fourth-order valence-corrected chi connectivity index (χ4v) is 3.11. The zero-order valence-corrected chi connectivity index (χ0v) is 15.9. The molecule has 1 unspecified atom stereocenters. The maximum atomic E-state index is 12.6. The van der Waals surface area contributed by atoms with E-state index in [4.69, 9.17) is 0 Å². The van der Waals surface area contributed by atoms with Crippen LogP contribution in [0.4, 0.5) is 0 Å². The summed E-state index contributed by atoms with van der Waals surface area (Å²) in [6.45, 7) is 4.47. The van der Waals surface area contributed by atoms with Gasteiger partial charge in [0, 0.05) is 17.7 Å². The minimum Gasteiger partial charge on any atom is -0.480 e. The molecule has 1 aromatic heterocycles. The number of carboxylic acids is 1. The Morgan fingerprint density at radius 2 is 1.75 bits per heavy atom. The third-order valence-corrected chi connectivity index (χ3v) is 4.51. The number of benzene rings is 2. The SMILES string of the molecule is Cc1cc(C)n(Cc2cccc(C(=O)NC(Cc3ccccc3)C(=O)O)c2)n1. The van der Waals surface area contributed by atoms with Crippen LogP contribution in [0.25, 0.3) is 0 Å². The van der Waals surface area contributed by atoms with Crippen LogP contribution < -0.4 is 5.32 Å². The highest BCUT2D eigenvalue weighted by Crippen LogP contribution is 2.11. The van der Waals surface area contributed by atoms with Crippen molar-refractivity contribution < 1.29 is 14.7 Å². The number of carbonyl (C=O) groups is 2. The Kier molecular flexibility index (Phi) is 5.89. The molecule has 0 aliphatic heterocycles. The lowest BCUT2D eigenvalue weighted by Gasteiger charge is -2.15. The lowest BCUT2D eigenvalue weighted by atomic mass is 10.0. The summed E-state index contributed by atoms with van der Waals surface area (Å²) in [5, 5.41) is 16.6. The number of aliphatic carboxylic acids is 1. The van der Waals surface area contributed by atoms with E-state index in [0.717, 1.165) is 22.5 Å². The Hall–Kier alpha value is -3.41. The zero-order valence-electron chi connectivity index (χ0n) is 15.9. The number of nitrogens with zero attached hydrogens (tertiary/aromatic N) is 2. The van der Waals surface area contributed by atoms with E-state index in [2.05, 4.69) is 10.4 Å². The van der Waals surface area contributed by atoms with Gasteiger partial charge in [0.05, 0.1) is 12.2 Å². The maximum Gasteiger partial charge on any atom is 0.326 e. The highest BCUT2D eigenvalue weighted by atomic mass is 16.4. The first-order valence-electron chi connectivity index (χ1n) is 9.10. The van der Waals surface area contributed by atoms with Gasteiger partial charge in [-0.1, -0.05) is 42.5 Å². The second-order valence-electron chi connectivity index (χ2n) is 6.84. The molecule has 1 atom stereocenters.